The van der Waals surface area contributed by atoms with Gasteiger partial charge in [0.05, 0.1) is 9.83 Å². The maximum Gasteiger partial charge on any atom is 0.323 e. The van der Waals surface area contributed by atoms with Crippen LogP contribution in [0.5, 0.6) is 5.75 Å². The minimum Gasteiger partial charge on any atom is -0.502 e. The highest BCUT2D eigenvalue weighted by molar-refractivity contribution is 8.26. The van der Waals surface area contributed by atoms with E-state index in [0.717, 1.165) is 28.8 Å². The molecule has 0 aliphatic carbocycles. The van der Waals surface area contributed by atoms with Gasteiger partial charge in [-0.05, 0) is 17.7 Å². The smallest absolute Gasteiger partial charge is 0.323 e. The Kier molecular flexibility index (Phi) is 4.43. The van der Waals surface area contributed by atoms with Crippen molar-refractivity contribution in [3.63, 3.8) is 0 Å². The second kappa shape index (κ2) is 6.12. The summed E-state index contributed by atoms with van der Waals surface area (Å²) >= 11 is 5.84. The Morgan fingerprint density at radius 3 is 2.77 bits per heavy atom. The van der Waals surface area contributed by atoms with Crippen LogP contribution in [0, 0.1) is 10.1 Å². The number of benzene rings is 1. The zero-order valence-corrected chi connectivity index (χ0v) is 12.4. The van der Waals surface area contributed by atoms with Gasteiger partial charge in [-0.15, -0.1) is 0 Å². The highest BCUT2D eigenvalue weighted by Gasteiger charge is 2.33. The third-order valence-electron chi connectivity index (χ3n) is 2.66. The van der Waals surface area contributed by atoms with Gasteiger partial charge in [-0.1, -0.05) is 30.0 Å². The maximum absolute atomic E-state index is 12.0. The van der Waals surface area contributed by atoms with Crippen LogP contribution in [0.2, 0.25) is 0 Å². The van der Waals surface area contributed by atoms with E-state index >= 15 is 0 Å². The van der Waals surface area contributed by atoms with Crippen molar-refractivity contribution in [1.29, 1.82) is 0 Å². The molecule has 0 atom stereocenters. The number of aromatic hydroxyl groups is 1. The van der Waals surface area contributed by atoms with Gasteiger partial charge in [-0.2, -0.15) is 0 Å². The highest BCUT2D eigenvalue weighted by atomic mass is 32.2. The predicted octanol–water partition coefficient (Wildman–Crippen LogP) is 1.59. The number of thiocarbonyl (C=S) groups is 1. The van der Waals surface area contributed by atoms with E-state index in [1.165, 1.54) is 12.1 Å². The zero-order valence-electron chi connectivity index (χ0n) is 10.8. The first-order valence-corrected chi connectivity index (χ1v) is 6.96. The van der Waals surface area contributed by atoms with Crippen molar-refractivity contribution in [2.75, 3.05) is 6.54 Å². The number of rotatable bonds is 4. The fraction of sp³-hybridized carbons (Fsp3) is 0.0833. The summed E-state index contributed by atoms with van der Waals surface area (Å²) in [7, 11) is 0. The summed E-state index contributed by atoms with van der Waals surface area (Å²) in [4.78, 5) is 33.8. The molecule has 1 heterocycles. The number of thioether (sulfide) groups is 1. The number of carbonyl (C=O) groups is 2. The molecule has 1 aliphatic heterocycles. The molecule has 8 nitrogen and oxygen atoms in total. The molecule has 1 aliphatic rings. The second-order valence-corrected chi connectivity index (χ2v) is 5.84. The van der Waals surface area contributed by atoms with Crippen LogP contribution in [0.15, 0.2) is 23.1 Å². The van der Waals surface area contributed by atoms with Crippen molar-refractivity contribution in [3.05, 3.63) is 38.8 Å². The van der Waals surface area contributed by atoms with E-state index in [-0.39, 0.29) is 9.23 Å². The van der Waals surface area contributed by atoms with Gasteiger partial charge in [0.1, 0.15) is 10.9 Å². The van der Waals surface area contributed by atoms with Crippen LogP contribution in [-0.2, 0) is 9.59 Å². The van der Waals surface area contributed by atoms with Gasteiger partial charge in [0, 0.05) is 6.07 Å². The molecule has 0 unspecified atom stereocenters. The Balaban J connectivity index is 2.33. The third-order valence-corrected chi connectivity index (χ3v) is 4.04. The molecule has 10 heteroatoms. The van der Waals surface area contributed by atoms with E-state index < -0.39 is 34.8 Å². The Bertz CT molecular complexity index is 730. The second-order valence-electron chi connectivity index (χ2n) is 4.17. The van der Waals surface area contributed by atoms with E-state index in [1.807, 2.05) is 0 Å². The van der Waals surface area contributed by atoms with Crippen LogP contribution in [-0.4, -0.2) is 42.8 Å². The number of nitro groups is 1. The molecule has 0 bridgehead atoms. The fourth-order valence-electron chi connectivity index (χ4n) is 1.70. The lowest BCUT2D eigenvalue weighted by molar-refractivity contribution is -0.385. The molecule has 0 radical (unpaired) electrons. The summed E-state index contributed by atoms with van der Waals surface area (Å²) in [6.07, 6.45) is 1.35. The zero-order chi connectivity index (χ0) is 16.4. The number of phenols is 1. The van der Waals surface area contributed by atoms with Crippen LogP contribution < -0.4 is 0 Å². The first-order valence-electron chi connectivity index (χ1n) is 5.74. The Labute approximate surface area is 133 Å². The molecule has 1 fully saturated rings. The normalized spacial score (nSPS) is 16.4. The van der Waals surface area contributed by atoms with E-state index in [0.29, 0.717) is 5.56 Å². The number of carbonyl (C=O) groups excluding carboxylic acids is 1. The van der Waals surface area contributed by atoms with E-state index in [4.69, 9.17) is 17.3 Å². The minimum atomic E-state index is -1.20. The summed E-state index contributed by atoms with van der Waals surface area (Å²) in [5.74, 6) is -2.26. The van der Waals surface area contributed by atoms with Crippen LogP contribution in [0.4, 0.5) is 5.69 Å². The van der Waals surface area contributed by atoms with Crippen LogP contribution in [0.3, 0.4) is 0 Å². The molecule has 1 amide bonds. The van der Waals surface area contributed by atoms with Crippen molar-refractivity contribution >= 4 is 51.9 Å². The van der Waals surface area contributed by atoms with Crippen molar-refractivity contribution in [1.82, 2.24) is 4.90 Å². The van der Waals surface area contributed by atoms with Crippen LogP contribution >= 0.6 is 24.0 Å². The summed E-state index contributed by atoms with van der Waals surface area (Å²) < 4.78 is 0.104. The SMILES string of the molecule is O=C(O)CN1C(=O)/C(=C/c2ccc(O)c([N+](=O)[O-])c2)SC1=S. The summed E-state index contributed by atoms with van der Waals surface area (Å²) in [6, 6.07) is 3.65. The summed E-state index contributed by atoms with van der Waals surface area (Å²) in [6.45, 7) is -0.544. The Morgan fingerprint density at radius 1 is 1.50 bits per heavy atom. The van der Waals surface area contributed by atoms with E-state index in [2.05, 4.69) is 0 Å². The van der Waals surface area contributed by atoms with Crippen LogP contribution in [0.1, 0.15) is 5.56 Å². The molecule has 1 aromatic carbocycles. The standard InChI is InChI=1S/C12H8N2O6S2/c15-8-2-1-6(3-7(8)14(19)20)4-9-11(18)13(5-10(16)17)12(21)22-9/h1-4,15H,5H2,(H,16,17)/b9-4-. The number of aliphatic carboxylic acids is 1. The van der Waals surface area contributed by atoms with Gasteiger partial charge in [0.25, 0.3) is 5.91 Å². The monoisotopic (exact) mass is 340 g/mol. The average Bonchev–Trinajstić information content (AvgIpc) is 2.68. The first kappa shape index (κ1) is 15.9. The topological polar surface area (TPSA) is 121 Å². The van der Waals surface area contributed by atoms with Gasteiger partial charge in [-0.3, -0.25) is 24.6 Å². The number of nitrogens with zero attached hydrogens (tertiary/aromatic N) is 2. The lowest BCUT2D eigenvalue weighted by Gasteiger charge is -2.10. The number of hydrogen-bond acceptors (Lipinski definition) is 7. The lowest BCUT2D eigenvalue weighted by Crippen LogP contribution is -2.33. The molecular weight excluding hydrogens is 332 g/mol. The number of hydrogen-bond donors (Lipinski definition) is 2. The Hall–Kier alpha value is -2.46. The van der Waals surface area contributed by atoms with Gasteiger partial charge in [0.15, 0.2) is 5.75 Å². The Morgan fingerprint density at radius 2 is 2.18 bits per heavy atom. The van der Waals surface area contributed by atoms with Crippen molar-refractivity contribution in [2.24, 2.45) is 0 Å². The van der Waals surface area contributed by atoms with Gasteiger partial charge in [-0.25, -0.2) is 0 Å². The first-order chi connectivity index (χ1) is 10.3. The lowest BCUT2D eigenvalue weighted by atomic mass is 10.1. The predicted molar refractivity (Wildman–Crippen MR) is 82.3 cm³/mol. The van der Waals surface area contributed by atoms with Gasteiger partial charge >= 0.3 is 11.7 Å². The maximum atomic E-state index is 12.0. The highest BCUT2D eigenvalue weighted by Crippen LogP contribution is 2.34. The number of carboxylic acids is 1. The van der Waals surface area contributed by atoms with Crippen molar-refractivity contribution < 1.29 is 24.7 Å². The number of phenolic OH excluding ortho intramolecular Hbond substituents is 1. The number of nitro benzene ring substituents is 1. The molecule has 0 spiro atoms. The average molecular weight is 340 g/mol. The fourth-order valence-corrected chi connectivity index (χ4v) is 2.95. The van der Waals surface area contributed by atoms with Crippen LogP contribution in [0.25, 0.3) is 6.08 Å². The molecule has 114 valence electrons. The molecule has 2 rings (SSSR count). The molecule has 0 saturated carbocycles. The molecule has 0 aromatic heterocycles. The molecule has 1 aromatic rings. The summed E-state index contributed by atoms with van der Waals surface area (Å²) in [5.41, 5.74) is -0.171. The van der Waals surface area contributed by atoms with E-state index in [1.54, 1.807) is 0 Å². The van der Waals surface area contributed by atoms with Crippen molar-refractivity contribution in [2.45, 2.75) is 0 Å². The van der Waals surface area contributed by atoms with Gasteiger partial charge in [0.2, 0.25) is 0 Å². The summed E-state index contributed by atoms with van der Waals surface area (Å²) in [5, 5.41) is 28.9. The van der Waals surface area contributed by atoms with Crippen molar-refractivity contribution in [3.8, 4) is 5.75 Å². The number of carboxylic acid groups (broad SMARTS) is 1. The molecule has 2 N–H and O–H groups in total. The molecule has 1 saturated heterocycles. The minimum absolute atomic E-state index is 0.104. The largest absolute Gasteiger partial charge is 0.502 e. The number of amides is 1. The third kappa shape index (κ3) is 3.23. The quantitative estimate of drug-likeness (QED) is 0.367. The molecule has 22 heavy (non-hydrogen) atoms. The van der Waals surface area contributed by atoms with Gasteiger partial charge < -0.3 is 10.2 Å². The van der Waals surface area contributed by atoms with E-state index in [9.17, 15) is 24.8 Å². The molecular formula is C12H8N2O6S2.